The Balaban J connectivity index is 2.07. The Morgan fingerprint density at radius 1 is 1.31 bits per heavy atom. The summed E-state index contributed by atoms with van der Waals surface area (Å²) in [5.41, 5.74) is 0.981. The standard InChI is InChI=1S/C11H14FNO3/c12-10-3-1-9(2-4-10)5-7-16-8-6-13-11(14)15/h1-4,13H,5-8H2,(H,14,15)/p-1. The molecule has 1 aromatic carbocycles. The lowest BCUT2D eigenvalue weighted by Gasteiger charge is -2.07. The summed E-state index contributed by atoms with van der Waals surface area (Å²) < 4.78 is 17.7. The number of halogens is 1. The molecule has 1 rings (SSSR count). The van der Waals surface area contributed by atoms with Crippen molar-refractivity contribution < 1.29 is 19.0 Å². The Morgan fingerprint density at radius 2 is 2.00 bits per heavy atom. The van der Waals surface area contributed by atoms with Gasteiger partial charge in [0.1, 0.15) is 11.9 Å². The normalized spacial score (nSPS) is 10.1. The van der Waals surface area contributed by atoms with Gasteiger partial charge in [-0.05, 0) is 24.1 Å². The molecule has 0 aromatic heterocycles. The fourth-order valence-electron chi connectivity index (χ4n) is 1.17. The third-order valence-corrected chi connectivity index (χ3v) is 1.96. The Hall–Kier alpha value is -1.62. The van der Waals surface area contributed by atoms with E-state index in [9.17, 15) is 14.3 Å². The van der Waals surface area contributed by atoms with Crippen LogP contribution in [-0.4, -0.2) is 25.9 Å². The molecule has 0 radical (unpaired) electrons. The smallest absolute Gasteiger partial charge is 0.134 e. The molecule has 0 atom stereocenters. The maximum atomic E-state index is 12.6. The van der Waals surface area contributed by atoms with E-state index in [4.69, 9.17) is 4.74 Å². The van der Waals surface area contributed by atoms with Crippen molar-refractivity contribution in [2.24, 2.45) is 0 Å². The number of hydrogen-bond donors (Lipinski definition) is 1. The third-order valence-electron chi connectivity index (χ3n) is 1.96. The van der Waals surface area contributed by atoms with Gasteiger partial charge in [0.2, 0.25) is 0 Å². The van der Waals surface area contributed by atoms with Gasteiger partial charge < -0.3 is 20.0 Å². The zero-order valence-electron chi connectivity index (χ0n) is 8.74. The van der Waals surface area contributed by atoms with Crippen LogP contribution in [0.25, 0.3) is 0 Å². The van der Waals surface area contributed by atoms with E-state index < -0.39 is 6.09 Å². The van der Waals surface area contributed by atoms with Crippen molar-refractivity contribution in [2.75, 3.05) is 19.8 Å². The Bertz CT molecular complexity index is 327. The van der Waals surface area contributed by atoms with Gasteiger partial charge in [0.15, 0.2) is 0 Å². The van der Waals surface area contributed by atoms with Crippen molar-refractivity contribution >= 4 is 6.09 Å². The molecule has 1 N–H and O–H groups in total. The molecule has 5 heteroatoms. The summed E-state index contributed by atoms with van der Waals surface area (Å²) in [7, 11) is 0. The van der Waals surface area contributed by atoms with Crippen LogP contribution in [0.2, 0.25) is 0 Å². The molecule has 0 saturated carbocycles. The highest BCUT2D eigenvalue weighted by Gasteiger charge is 1.94. The Labute approximate surface area is 93.0 Å². The van der Waals surface area contributed by atoms with Gasteiger partial charge in [0.05, 0.1) is 13.2 Å². The molecule has 88 valence electrons. The molecule has 0 aliphatic carbocycles. The fraction of sp³-hybridized carbons (Fsp3) is 0.364. The number of benzene rings is 1. The van der Waals surface area contributed by atoms with Crippen LogP contribution >= 0.6 is 0 Å². The quantitative estimate of drug-likeness (QED) is 0.710. The van der Waals surface area contributed by atoms with E-state index >= 15 is 0 Å². The molecular weight excluding hydrogens is 213 g/mol. The highest BCUT2D eigenvalue weighted by atomic mass is 19.1. The van der Waals surface area contributed by atoms with E-state index in [1.54, 1.807) is 12.1 Å². The van der Waals surface area contributed by atoms with E-state index in [1.807, 2.05) is 0 Å². The summed E-state index contributed by atoms with van der Waals surface area (Å²) in [5, 5.41) is 12.1. The van der Waals surface area contributed by atoms with E-state index in [-0.39, 0.29) is 12.4 Å². The van der Waals surface area contributed by atoms with Crippen molar-refractivity contribution in [2.45, 2.75) is 6.42 Å². The molecule has 0 unspecified atom stereocenters. The maximum Gasteiger partial charge on any atom is 0.134 e. The Morgan fingerprint density at radius 3 is 2.62 bits per heavy atom. The van der Waals surface area contributed by atoms with Crippen molar-refractivity contribution in [3.05, 3.63) is 35.6 Å². The van der Waals surface area contributed by atoms with Crippen LogP contribution in [0.1, 0.15) is 5.56 Å². The van der Waals surface area contributed by atoms with Crippen molar-refractivity contribution in [1.29, 1.82) is 0 Å². The molecule has 0 bridgehead atoms. The molecule has 0 saturated heterocycles. The number of rotatable bonds is 6. The molecule has 16 heavy (non-hydrogen) atoms. The van der Waals surface area contributed by atoms with Crippen LogP contribution in [0, 0.1) is 5.82 Å². The number of carbonyl (C=O) groups is 1. The van der Waals surface area contributed by atoms with Gasteiger partial charge >= 0.3 is 0 Å². The minimum absolute atomic E-state index is 0.214. The maximum absolute atomic E-state index is 12.6. The minimum atomic E-state index is -1.30. The molecule has 1 amide bonds. The van der Waals surface area contributed by atoms with E-state index in [2.05, 4.69) is 5.32 Å². The van der Waals surface area contributed by atoms with Gasteiger partial charge in [-0.15, -0.1) is 0 Å². The predicted octanol–water partition coefficient (Wildman–Crippen LogP) is 0.318. The molecule has 1 aromatic rings. The van der Waals surface area contributed by atoms with Crippen LogP contribution in [-0.2, 0) is 11.2 Å². The summed E-state index contributed by atoms with van der Waals surface area (Å²) in [5.74, 6) is -0.261. The molecule has 0 spiro atoms. The summed E-state index contributed by atoms with van der Waals surface area (Å²) in [6, 6.07) is 6.18. The summed E-state index contributed by atoms with van der Waals surface area (Å²) in [6.07, 6.45) is -0.631. The van der Waals surface area contributed by atoms with E-state index in [0.29, 0.717) is 19.6 Å². The average Bonchev–Trinajstić information content (AvgIpc) is 2.25. The van der Waals surface area contributed by atoms with Crippen LogP contribution in [0.3, 0.4) is 0 Å². The van der Waals surface area contributed by atoms with Crippen molar-refractivity contribution in [3.63, 3.8) is 0 Å². The fourth-order valence-corrected chi connectivity index (χ4v) is 1.17. The zero-order valence-corrected chi connectivity index (χ0v) is 8.74. The largest absolute Gasteiger partial charge is 0.530 e. The predicted molar refractivity (Wildman–Crippen MR) is 54.3 cm³/mol. The van der Waals surface area contributed by atoms with Crippen LogP contribution in [0.15, 0.2) is 24.3 Å². The van der Waals surface area contributed by atoms with Crippen LogP contribution in [0.5, 0.6) is 0 Å². The second-order valence-electron chi connectivity index (χ2n) is 3.20. The van der Waals surface area contributed by atoms with Crippen LogP contribution in [0.4, 0.5) is 9.18 Å². The van der Waals surface area contributed by atoms with Gasteiger partial charge in [-0.1, -0.05) is 12.1 Å². The highest BCUT2D eigenvalue weighted by Crippen LogP contribution is 2.03. The SMILES string of the molecule is O=C([O-])NCCOCCc1ccc(F)cc1. The van der Waals surface area contributed by atoms with Crippen LogP contribution < -0.4 is 10.4 Å². The minimum Gasteiger partial charge on any atom is -0.530 e. The lowest BCUT2D eigenvalue weighted by molar-refractivity contribution is -0.250. The van der Waals surface area contributed by atoms with Crippen molar-refractivity contribution in [3.8, 4) is 0 Å². The first-order chi connectivity index (χ1) is 7.68. The van der Waals surface area contributed by atoms with Gasteiger partial charge in [-0.3, -0.25) is 0 Å². The first-order valence-electron chi connectivity index (χ1n) is 4.95. The number of ether oxygens (including phenoxy) is 1. The lowest BCUT2D eigenvalue weighted by atomic mass is 10.2. The monoisotopic (exact) mass is 226 g/mol. The molecule has 0 heterocycles. The topological polar surface area (TPSA) is 61.4 Å². The molecule has 0 aliphatic heterocycles. The van der Waals surface area contributed by atoms with Crippen molar-refractivity contribution in [1.82, 2.24) is 5.32 Å². The number of carboxylic acid groups (broad SMARTS) is 1. The number of hydrogen-bond acceptors (Lipinski definition) is 3. The number of nitrogens with one attached hydrogen (secondary N) is 1. The highest BCUT2D eigenvalue weighted by molar-refractivity contribution is 5.61. The summed E-state index contributed by atoms with van der Waals surface area (Å²) in [4.78, 5) is 9.97. The zero-order chi connectivity index (χ0) is 11.8. The first-order valence-corrected chi connectivity index (χ1v) is 4.95. The second kappa shape index (κ2) is 6.79. The Kier molecular flexibility index (Phi) is 5.28. The number of amides is 1. The van der Waals surface area contributed by atoms with Gasteiger partial charge in [0, 0.05) is 6.54 Å². The molecule has 4 nitrogen and oxygen atoms in total. The lowest BCUT2D eigenvalue weighted by Crippen LogP contribution is -2.38. The second-order valence-corrected chi connectivity index (χ2v) is 3.20. The molecular formula is C11H13FNO3-. The molecule has 0 fully saturated rings. The third kappa shape index (κ3) is 5.31. The summed E-state index contributed by atoms with van der Waals surface area (Å²) in [6.45, 7) is 0.987. The van der Waals surface area contributed by atoms with Gasteiger partial charge in [0.25, 0.3) is 0 Å². The summed E-state index contributed by atoms with van der Waals surface area (Å²) >= 11 is 0. The molecule has 0 aliphatic rings. The van der Waals surface area contributed by atoms with E-state index in [0.717, 1.165) is 5.56 Å². The number of carbonyl (C=O) groups excluding carboxylic acids is 1. The first kappa shape index (κ1) is 12.4. The van der Waals surface area contributed by atoms with Gasteiger partial charge in [-0.2, -0.15) is 0 Å². The van der Waals surface area contributed by atoms with Gasteiger partial charge in [-0.25, -0.2) is 4.39 Å². The average molecular weight is 226 g/mol. The van der Waals surface area contributed by atoms with E-state index in [1.165, 1.54) is 12.1 Å².